The second kappa shape index (κ2) is 6.88. The number of methoxy groups -OCH3 is 1. The number of nitrogens with one attached hydrogen (secondary N) is 1. The zero-order valence-electron chi connectivity index (χ0n) is 13.5. The van der Waals surface area contributed by atoms with Crippen LogP contribution in [0.2, 0.25) is 0 Å². The number of fused-ring (bicyclic) bond motifs is 1. The van der Waals surface area contributed by atoms with E-state index < -0.39 is 0 Å². The Hall–Kier alpha value is -2.60. The maximum absolute atomic E-state index is 12.1. The molecule has 124 valence electrons. The monoisotopic (exact) mass is 342 g/mol. The van der Waals surface area contributed by atoms with Gasteiger partial charge in [-0.2, -0.15) is 0 Å². The zero-order chi connectivity index (χ0) is 17.1. The zero-order valence-corrected chi connectivity index (χ0v) is 14.4. The minimum absolute atomic E-state index is 0.0545. The summed E-state index contributed by atoms with van der Waals surface area (Å²) in [6, 6.07) is 11.9. The maximum atomic E-state index is 12.1. The van der Waals surface area contributed by atoms with Crippen molar-refractivity contribution < 1.29 is 9.53 Å². The van der Waals surface area contributed by atoms with Gasteiger partial charge < -0.3 is 10.1 Å². The molecule has 0 spiro atoms. The molecule has 2 aromatic carbocycles. The Kier molecular flexibility index (Phi) is 4.66. The number of carbonyl (C=O) groups is 1. The lowest BCUT2D eigenvalue weighted by Gasteiger charge is -2.08. The first-order valence-corrected chi connectivity index (χ1v) is 8.43. The van der Waals surface area contributed by atoms with E-state index >= 15 is 0 Å². The molecule has 0 bridgehead atoms. The lowest BCUT2D eigenvalue weighted by molar-refractivity contribution is -0.121. The van der Waals surface area contributed by atoms with Crippen molar-refractivity contribution in [2.75, 3.05) is 7.11 Å². The van der Waals surface area contributed by atoms with E-state index in [1.54, 1.807) is 12.5 Å². The van der Waals surface area contributed by atoms with Crippen LogP contribution in [-0.4, -0.2) is 17.6 Å². The molecule has 3 rings (SSSR count). The molecular weight excluding hydrogens is 324 g/mol. The Morgan fingerprint density at radius 2 is 1.96 bits per heavy atom. The van der Waals surface area contributed by atoms with Gasteiger partial charge in [-0.25, -0.2) is 0 Å². The first kappa shape index (κ1) is 16.3. The van der Waals surface area contributed by atoms with Crippen LogP contribution >= 0.6 is 11.3 Å². The molecule has 0 radical (unpaired) electrons. The largest absolute Gasteiger partial charge is 0.497 e. The summed E-state index contributed by atoms with van der Waals surface area (Å²) in [5, 5.41) is 6.80. The number of benzene rings is 2. The van der Waals surface area contributed by atoms with E-state index in [2.05, 4.69) is 5.32 Å². The smallest absolute Gasteiger partial charge is 0.307 e. The highest BCUT2D eigenvalue weighted by atomic mass is 32.1. The molecule has 1 aromatic heterocycles. The van der Waals surface area contributed by atoms with Crippen LogP contribution in [0.3, 0.4) is 0 Å². The quantitative estimate of drug-likeness (QED) is 0.775. The van der Waals surface area contributed by atoms with E-state index in [4.69, 9.17) is 4.74 Å². The predicted molar refractivity (Wildman–Crippen MR) is 95.7 cm³/mol. The summed E-state index contributed by atoms with van der Waals surface area (Å²) in [4.78, 5) is 23.6. The van der Waals surface area contributed by atoms with Crippen molar-refractivity contribution in [3.8, 4) is 5.75 Å². The molecule has 0 unspecified atom stereocenters. The van der Waals surface area contributed by atoms with Gasteiger partial charge in [0.1, 0.15) is 12.3 Å². The number of nitrogens with zero attached hydrogens (tertiary/aromatic N) is 1. The first-order valence-electron chi connectivity index (χ1n) is 7.55. The predicted octanol–water partition coefficient (Wildman–Crippen LogP) is 2.70. The molecule has 0 aliphatic rings. The van der Waals surface area contributed by atoms with Gasteiger partial charge in [-0.15, -0.1) is 0 Å². The lowest BCUT2D eigenvalue weighted by atomic mass is 10.1. The van der Waals surface area contributed by atoms with Gasteiger partial charge in [0.15, 0.2) is 0 Å². The molecule has 1 heterocycles. The van der Waals surface area contributed by atoms with Crippen molar-refractivity contribution in [2.45, 2.75) is 20.0 Å². The summed E-state index contributed by atoms with van der Waals surface area (Å²) in [5.74, 6) is 0.647. The van der Waals surface area contributed by atoms with Crippen LogP contribution in [0.15, 0.2) is 46.6 Å². The van der Waals surface area contributed by atoms with E-state index in [0.29, 0.717) is 6.54 Å². The molecule has 0 aliphatic heterocycles. The van der Waals surface area contributed by atoms with E-state index in [-0.39, 0.29) is 17.3 Å². The van der Waals surface area contributed by atoms with Crippen LogP contribution in [0.4, 0.5) is 0 Å². The van der Waals surface area contributed by atoms with Crippen molar-refractivity contribution in [1.29, 1.82) is 0 Å². The Balaban J connectivity index is 1.67. The minimum atomic E-state index is -0.173. The second-order valence-electron chi connectivity index (χ2n) is 5.55. The minimum Gasteiger partial charge on any atom is -0.497 e. The Morgan fingerprint density at radius 1 is 1.21 bits per heavy atom. The van der Waals surface area contributed by atoms with Gasteiger partial charge in [-0.1, -0.05) is 29.5 Å². The summed E-state index contributed by atoms with van der Waals surface area (Å²) in [5.41, 5.74) is 1.82. The third kappa shape index (κ3) is 3.49. The van der Waals surface area contributed by atoms with Crippen molar-refractivity contribution in [3.05, 3.63) is 62.7 Å². The van der Waals surface area contributed by atoms with E-state index in [1.165, 1.54) is 4.57 Å². The molecule has 3 aromatic rings. The number of aryl methyl sites for hydroxylation is 1. The Morgan fingerprint density at radius 3 is 2.67 bits per heavy atom. The molecule has 0 aliphatic carbocycles. The van der Waals surface area contributed by atoms with E-state index in [9.17, 15) is 9.59 Å². The summed E-state index contributed by atoms with van der Waals surface area (Å²) >= 11 is 1.11. The third-order valence-electron chi connectivity index (χ3n) is 3.88. The maximum Gasteiger partial charge on any atom is 0.307 e. The van der Waals surface area contributed by atoms with Crippen LogP contribution in [0.25, 0.3) is 10.8 Å². The van der Waals surface area contributed by atoms with Gasteiger partial charge in [0.2, 0.25) is 5.91 Å². The Labute approximate surface area is 143 Å². The van der Waals surface area contributed by atoms with Crippen LogP contribution in [0.1, 0.15) is 11.3 Å². The highest BCUT2D eigenvalue weighted by Gasteiger charge is 2.08. The van der Waals surface area contributed by atoms with Crippen LogP contribution in [0.5, 0.6) is 5.75 Å². The highest BCUT2D eigenvalue weighted by Crippen LogP contribution is 2.21. The van der Waals surface area contributed by atoms with Gasteiger partial charge in [0.25, 0.3) is 0 Å². The van der Waals surface area contributed by atoms with Crippen molar-refractivity contribution in [2.24, 2.45) is 0 Å². The number of aromatic nitrogens is 1. The molecule has 0 fully saturated rings. The van der Waals surface area contributed by atoms with Crippen molar-refractivity contribution >= 4 is 28.0 Å². The lowest BCUT2D eigenvalue weighted by Crippen LogP contribution is -2.30. The molecule has 5 nitrogen and oxygen atoms in total. The fourth-order valence-electron chi connectivity index (χ4n) is 2.51. The Bertz CT molecular complexity index is 943. The summed E-state index contributed by atoms with van der Waals surface area (Å²) < 4.78 is 6.70. The fraction of sp³-hybridized carbons (Fsp3) is 0.222. The highest BCUT2D eigenvalue weighted by molar-refractivity contribution is 7.07. The second-order valence-corrected chi connectivity index (χ2v) is 6.37. The van der Waals surface area contributed by atoms with E-state index in [0.717, 1.165) is 39.1 Å². The third-order valence-corrected chi connectivity index (χ3v) is 4.76. The van der Waals surface area contributed by atoms with Crippen molar-refractivity contribution in [3.63, 3.8) is 0 Å². The SMILES string of the molecule is COc1ccc2cc(CNC(=O)Cn3c(C)csc3=O)ccc2c1. The van der Waals surface area contributed by atoms with Crippen LogP contribution in [0, 0.1) is 6.92 Å². The standard InChI is InChI=1S/C18H18N2O3S/c1-12-11-24-18(22)20(12)10-17(21)19-9-13-3-4-15-8-16(23-2)6-5-14(15)7-13/h3-8,11H,9-10H2,1-2H3,(H,19,21). The number of hydrogen-bond acceptors (Lipinski definition) is 4. The van der Waals surface area contributed by atoms with Gasteiger partial charge >= 0.3 is 4.87 Å². The van der Waals surface area contributed by atoms with Gasteiger partial charge in [0.05, 0.1) is 7.11 Å². The number of carbonyl (C=O) groups excluding carboxylic acids is 1. The number of amides is 1. The van der Waals surface area contributed by atoms with Crippen molar-refractivity contribution in [1.82, 2.24) is 9.88 Å². The fourth-order valence-corrected chi connectivity index (χ4v) is 3.24. The first-order chi connectivity index (χ1) is 11.6. The molecule has 0 atom stereocenters. The molecule has 6 heteroatoms. The molecule has 0 saturated carbocycles. The molecule has 24 heavy (non-hydrogen) atoms. The van der Waals surface area contributed by atoms with E-state index in [1.807, 2.05) is 43.3 Å². The number of hydrogen-bond donors (Lipinski definition) is 1. The average molecular weight is 342 g/mol. The number of ether oxygens (including phenoxy) is 1. The van der Waals surface area contributed by atoms with Gasteiger partial charge in [0, 0.05) is 17.6 Å². The molecule has 0 saturated heterocycles. The average Bonchev–Trinajstić information content (AvgIpc) is 2.91. The number of rotatable bonds is 5. The van der Waals surface area contributed by atoms with Gasteiger partial charge in [-0.05, 0) is 41.5 Å². The van der Waals surface area contributed by atoms with Crippen LogP contribution in [-0.2, 0) is 17.9 Å². The topological polar surface area (TPSA) is 60.3 Å². The molecular formula is C18H18N2O3S. The summed E-state index contributed by atoms with van der Waals surface area (Å²) in [6.07, 6.45) is 0. The number of thiazole rings is 1. The molecule has 1 N–H and O–H groups in total. The van der Waals surface area contributed by atoms with Crippen LogP contribution < -0.4 is 14.9 Å². The summed E-state index contributed by atoms with van der Waals surface area (Å²) in [7, 11) is 1.64. The normalized spacial score (nSPS) is 10.8. The molecule has 1 amide bonds. The van der Waals surface area contributed by atoms with Gasteiger partial charge in [-0.3, -0.25) is 14.2 Å². The summed E-state index contributed by atoms with van der Waals surface area (Å²) in [6.45, 7) is 2.31.